The first-order valence-corrected chi connectivity index (χ1v) is 11.7. The van der Waals surface area contributed by atoms with E-state index in [9.17, 15) is 22.8 Å². The smallest absolute Gasteiger partial charge is 0.475 e. The number of likely N-dealkylation sites (tertiary alicyclic amines) is 1. The van der Waals surface area contributed by atoms with Crippen LogP contribution in [-0.2, 0) is 33.9 Å². The molecule has 1 saturated heterocycles. The molecule has 1 aromatic heterocycles. The third kappa shape index (κ3) is 6.52. The number of nitrogens with two attached hydrogens (primary N) is 1. The molecule has 1 aromatic carbocycles. The van der Waals surface area contributed by atoms with Crippen molar-refractivity contribution in [1.29, 1.82) is 0 Å². The first kappa shape index (κ1) is 27.4. The van der Waals surface area contributed by atoms with Crippen LogP contribution in [0.3, 0.4) is 0 Å². The maximum Gasteiger partial charge on any atom is 0.490 e. The standard InChI is InChI=1S/C22H25ClN4O2.C2HF3O2/c23-16-6-5-14(12-24)15(11-16)13-26-21(28)20-4-2-10-27(20)22(29)18-7-8-19-17(18)3-1-9-25-19;3-2(4,5)1(6)7/h1,3,5-6,9,11,18,20H,2,4,7-8,10,12-13,24H2,(H,26,28);(H,6,7)/t18?,20-;/m0./s1. The van der Waals surface area contributed by atoms with Crippen LogP contribution in [0, 0.1) is 0 Å². The number of aliphatic carboxylic acids is 1. The number of carboxylic acid groups (broad SMARTS) is 1. The lowest BCUT2D eigenvalue weighted by atomic mass is 10.0. The van der Waals surface area contributed by atoms with Crippen LogP contribution in [0.2, 0.25) is 5.02 Å². The van der Waals surface area contributed by atoms with E-state index in [1.165, 1.54) is 0 Å². The van der Waals surface area contributed by atoms with Crippen LogP contribution in [0.5, 0.6) is 0 Å². The molecule has 1 fully saturated rings. The number of fused-ring (bicyclic) bond motifs is 1. The van der Waals surface area contributed by atoms with Gasteiger partial charge in [-0.1, -0.05) is 23.7 Å². The molecule has 4 N–H and O–H groups in total. The van der Waals surface area contributed by atoms with E-state index in [2.05, 4.69) is 10.3 Å². The summed E-state index contributed by atoms with van der Waals surface area (Å²) in [5.41, 5.74) is 9.65. The number of nitrogens with one attached hydrogen (secondary N) is 1. The second-order valence-corrected chi connectivity index (χ2v) is 8.89. The van der Waals surface area contributed by atoms with Crippen LogP contribution in [0.25, 0.3) is 0 Å². The first-order valence-electron chi connectivity index (χ1n) is 11.3. The lowest BCUT2D eigenvalue weighted by molar-refractivity contribution is -0.192. The van der Waals surface area contributed by atoms with Crippen molar-refractivity contribution in [2.45, 2.75) is 56.9 Å². The Bertz CT molecular complexity index is 1130. The number of aryl methyl sites for hydroxylation is 1. The van der Waals surface area contributed by atoms with Crippen LogP contribution in [-0.4, -0.2) is 51.5 Å². The third-order valence-corrected chi connectivity index (χ3v) is 6.43. The molecule has 2 aliphatic rings. The fourth-order valence-corrected chi connectivity index (χ4v) is 4.63. The Morgan fingerprint density at radius 1 is 1.19 bits per heavy atom. The highest BCUT2D eigenvalue weighted by Crippen LogP contribution is 2.35. The molecule has 2 heterocycles. The van der Waals surface area contributed by atoms with Gasteiger partial charge in [-0.3, -0.25) is 14.6 Å². The molecule has 0 saturated carbocycles. The number of amides is 2. The van der Waals surface area contributed by atoms with Crippen molar-refractivity contribution in [3.63, 3.8) is 0 Å². The van der Waals surface area contributed by atoms with Gasteiger partial charge < -0.3 is 21.1 Å². The number of carbonyl (C=O) groups is 3. The first-order chi connectivity index (χ1) is 17.0. The maximum absolute atomic E-state index is 13.2. The highest BCUT2D eigenvalue weighted by Gasteiger charge is 2.40. The fourth-order valence-electron chi connectivity index (χ4n) is 4.43. The van der Waals surface area contributed by atoms with E-state index in [1.54, 1.807) is 17.2 Å². The van der Waals surface area contributed by atoms with Gasteiger partial charge in [-0.25, -0.2) is 4.79 Å². The topological polar surface area (TPSA) is 126 Å². The molecule has 2 amide bonds. The normalized spacial score (nSPS) is 18.8. The number of pyridine rings is 1. The Labute approximate surface area is 210 Å². The summed E-state index contributed by atoms with van der Waals surface area (Å²) in [7, 11) is 0. The summed E-state index contributed by atoms with van der Waals surface area (Å²) in [5, 5.41) is 10.7. The van der Waals surface area contributed by atoms with Crippen LogP contribution >= 0.6 is 11.6 Å². The number of aromatic nitrogens is 1. The zero-order chi connectivity index (χ0) is 26.5. The number of nitrogens with zero attached hydrogens (tertiary/aromatic N) is 2. The van der Waals surface area contributed by atoms with Crippen molar-refractivity contribution in [2.24, 2.45) is 5.73 Å². The van der Waals surface area contributed by atoms with E-state index in [0.29, 0.717) is 31.1 Å². The van der Waals surface area contributed by atoms with Gasteiger partial charge in [0.05, 0.1) is 5.92 Å². The van der Waals surface area contributed by atoms with Gasteiger partial charge in [-0.15, -0.1) is 0 Å². The highest BCUT2D eigenvalue weighted by molar-refractivity contribution is 6.30. The number of alkyl halides is 3. The number of carboxylic acids is 1. The lowest BCUT2D eigenvalue weighted by Crippen LogP contribution is -2.47. The van der Waals surface area contributed by atoms with E-state index in [4.69, 9.17) is 27.2 Å². The molecule has 1 aliphatic carbocycles. The van der Waals surface area contributed by atoms with Crippen LogP contribution in [0.15, 0.2) is 36.5 Å². The Morgan fingerprint density at radius 2 is 1.92 bits per heavy atom. The van der Waals surface area contributed by atoms with Gasteiger partial charge in [-0.05, 0) is 60.6 Å². The zero-order valence-corrected chi connectivity index (χ0v) is 20.0. The molecule has 0 radical (unpaired) electrons. The summed E-state index contributed by atoms with van der Waals surface area (Å²) in [4.78, 5) is 41.2. The van der Waals surface area contributed by atoms with E-state index >= 15 is 0 Å². The average molecular weight is 527 g/mol. The monoisotopic (exact) mass is 526 g/mol. The van der Waals surface area contributed by atoms with E-state index in [1.807, 2.05) is 24.3 Å². The molecule has 0 spiro atoms. The number of hydrogen-bond donors (Lipinski definition) is 3. The molecule has 0 bridgehead atoms. The molecule has 194 valence electrons. The van der Waals surface area contributed by atoms with Crippen molar-refractivity contribution in [3.05, 3.63) is 63.9 Å². The van der Waals surface area contributed by atoms with Crippen LogP contribution < -0.4 is 11.1 Å². The number of benzene rings is 1. The van der Waals surface area contributed by atoms with Crippen LogP contribution in [0.4, 0.5) is 13.2 Å². The Morgan fingerprint density at radius 3 is 2.58 bits per heavy atom. The van der Waals surface area contributed by atoms with Gasteiger partial charge in [0.1, 0.15) is 6.04 Å². The summed E-state index contributed by atoms with van der Waals surface area (Å²) >= 11 is 6.08. The predicted octanol–water partition coefficient (Wildman–Crippen LogP) is 3.16. The van der Waals surface area contributed by atoms with Crippen molar-refractivity contribution in [2.75, 3.05) is 6.54 Å². The Balaban J connectivity index is 0.000000454. The van der Waals surface area contributed by atoms with Gasteiger partial charge in [-0.2, -0.15) is 13.2 Å². The molecule has 2 aromatic rings. The molecule has 36 heavy (non-hydrogen) atoms. The summed E-state index contributed by atoms with van der Waals surface area (Å²) < 4.78 is 31.7. The number of hydrogen-bond acceptors (Lipinski definition) is 5. The second kappa shape index (κ2) is 11.7. The van der Waals surface area contributed by atoms with Crippen LogP contribution in [0.1, 0.15) is 47.6 Å². The van der Waals surface area contributed by atoms with Gasteiger partial charge in [0.2, 0.25) is 11.8 Å². The van der Waals surface area contributed by atoms with Crippen molar-refractivity contribution < 1.29 is 32.7 Å². The number of carbonyl (C=O) groups excluding carboxylic acids is 2. The highest BCUT2D eigenvalue weighted by atomic mass is 35.5. The van der Waals surface area contributed by atoms with Crippen molar-refractivity contribution >= 4 is 29.4 Å². The third-order valence-electron chi connectivity index (χ3n) is 6.19. The Kier molecular flexibility index (Phi) is 8.91. The minimum atomic E-state index is -5.08. The summed E-state index contributed by atoms with van der Waals surface area (Å²) in [5.74, 6) is -3.03. The largest absolute Gasteiger partial charge is 0.490 e. The maximum atomic E-state index is 13.2. The molecule has 4 rings (SSSR count). The minimum absolute atomic E-state index is 0.0415. The van der Waals surface area contributed by atoms with Gasteiger partial charge >= 0.3 is 12.1 Å². The second-order valence-electron chi connectivity index (χ2n) is 8.46. The van der Waals surface area contributed by atoms with Crippen molar-refractivity contribution in [3.8, 4) is 0 Å². The SMILES string of the molecule is NCc1ccc(Cl)cc1CNC(=O)[C@@H]1CCCN1C(=O)C1CCc2ncccc21.O=C(O)C(F)(F)F. The Hall–Kier alpha value is -3.18. The number of halogens is 4. The predicted molar refractivity (Wildman–Crippen MR) is 125 cm³/mol. The molecule has 2 atom stereocenters. The molecule has 12 heteroatoms. The molecular weight excluding hydrogens is 501 g/mol. The molecule has 1 unspecified atom stereocenters. The fraction of sp³-hybridized carbons (Fsp3) is 0.417. The summed E-state index contributed by atoms with van der Waals surface area (Å²) in [6.45, 7) is 1.35. The van der Waals surface area contributed by atoms with Gasteiger partial charge in [0, 0.05) is 36.5 Å². The average Bonchev–Trinajstić information content (AvgIpc) is 3.50. The summed E-state index contributed by atoms with van der Waals surface area (Å²) in [6.07, 6.45) is -0.222. The zero-order valence-electron chi connectivity index (χ0n) is 19.2. The molecule has 1 aliphatic heterocycles. The van der Waals surface area contributed by atoms with E-state index in [-0.39, 0.29) is 17.7 Å². The van der Waals surface area contributed by atoms with E-state index in [0.717, 1.165) is 41.6 Å². The van der Waals surface area contributed by atoms with Gasteiger partial charge in [0.25, 0.3) is 0 Å². The van der Waals surface area contributed by atoms with E-state index < -0.39 is 18.2 Å². The lowest BCUT2D eigenvalue weighted by Gasteiger charge is -2.27. The molecule has 8 nitrogen and oxygen atoms in total. The summed E-state index contributed by atoms with van der Waals surface area (Å²) in [6, 6.07) is 8.92. The minimum Gasteiger partial charge on any atom is -0.475 e. The quantitative estimate of drug-likeness (QED) is 0.549. The van der Waals surface area contributed by atoms with Crippen molar-refractivity contribution in [1.82, 2.24) is 15.2 Å². The van der Waals surface area contributed by atoms with Gasteiger partial charge in [0.15, 0.2) is 0 Å². The number of rotatable bonds is 5. The molecular formula is C24H26ClF3N4O4.